The van der Waals surface area contributed by atoms with Crippen LogP contribution in [0.15, 0.2) is 53.4 Å². The second kappa shape index (κ2) is 9.05. The molecular formula is C19H21N3O3S. The molecule has 4 N–H and O–H groups in total. The highest BCUT2D eigenvalue weighted by Gasteiger charge is 2.16. The number of hydrogen-bond donors (Lipinski definition) is 3. The van der Waals surface area contributed by atoms with Gasteiger partial charge >= 0.3 is 0 Å². The largest absolute Gasteiger partial charge is 0.374 e. The number of nitrogens with two attached hydrogens (primary N) is 1. The number of amides is 2. The van der Waals surface area contributed by atoms with Gasteiger partial charge in [0.2, 0.25) is 11.8 Å². The molecule has 6 nitrogen and oxygen atoms in total. The van der Waals surface area contributed by atoms with Crippen LogP contribution in [0.5, 0.6) is 0 Å². The molecule has 0 saturated heterocycles. The van der Waals surface area contributed by atoms with E-state index in [-0.39, 0.29) is 17.4 Å². The number of thioether (sulfide) groups is 1. The average Bonchev–Trinajstić information content (AvgIpc) is 2.60. The van der Waals surface area contributed by atoms with Gasteiger partial charge in [0.15, 0.2) is 5.78 Å². The molecule has 0 spiro atoms. The van der Waals surface area contributed by atoms with Gasteiger partial charge in [0.25, 0.3) is 0 Å². The summed E-state index contributed by atoms with van der Waals surface area (Å²) >= 11 is 1.32. The number of carbonyl (C=O) groups excluding carboxylic acids is 3. The third-order valence-corrected chi connectivity index (χ3v) is 4.61. The summed E-state index contributed by atoms with van der Waals surface area (Å²) in [7, 11) is 0. The summed E-state index contributed by atoms with van der Waals surface area (Å²) in [5, 5.41) is 5.85. The van der Waals surface area contributed by atoms with E-state index in [4.69, 9.17) is 5.73 Å². The van der Waals surface area contributed by atoms with Crippen molar-refractivity contribution >= 4 is 40.7 Å². The van der Waals surface area contributed by atoms with Crippen LogP contribution in [-0.4, -0.2) is 29.4 Å². The molecule has 1 atom stereocenters. The highest BCUT2D eigenvalue weighted by Crippen LogP contribution is 2.27. The summed E-state index contributed by atoms with van der Waals surface area (Å²) < 4.78 is 0. The lowest BCUT2D eigenvalue weighted by Gasteiger charge is -2.17. The van der Waals surface area contributed by atoms with Gasteiger partial charge in [-0.1, -0.05) is 12.1 Å². The number of hydrogen-bond acceptors (Lipinski definition) is 5. The van der Waals surface area contributed by atoms with E-state index in [0.717, 1.165) is 10.6 Å². The molecule has 0 saturated carbocycles. The zero-order valence-corrected chi connectivity index (χ0v) is 15.4. The van der Waals surface area contributed by atoms with E-state index in [1.807, 2.05) is 24.3 Å². The summed E-state index contributed by atoms with van der Waals surface area (Å²) in [4.78, 5) is 35.5. The van der Waals surface area contributed by atoms with E-state index >= 15 is 0 Å². The lowest BCUT2D eigenvalue weighted by molar-refractivity contribution is -0.116. The number of benzene rings is 2. The molecular weight excluding hydrogens is 350 g/mol. The first-order valence-electron chi connectivity index (χ1n) is 8.05. The second-order valence-electron chi connectivity index (χ2n) is 5.74. The van der Waals surface area contributed by atoms with Crippen molar-refractivity contribution in [1.29, 1.82) is 0 Å². The molecule has 2 aromatic rings. The minimum atomic E-state index is -0.461. The smallest absolute Gasteiger partial charge is 0.227 e. The number of primary amides is 1. The van der Waals surface area contributed by atoms with Gasteiger partial charge in [-0.05, 0) is 43.3 Å². The van der Waals surface area contributed by atoms with Gasteiger partial charge in [0.1, 0.15) is 0 Å². The van der Waals surface area contributed by atoms with Crippen molar-refractivity contribution in [2.24, 2.45) is 5.73 Å². The number of rotatable bonds is 8. The van der Waals surface area contributed by atoms with Crippen LogP contribution in [0, 0.1) is 0 Å². The van der Waals surface area contributed by atoms with E-state index < -0.39 is 11.9 Å². The maximum atomic E-state index is 12.6. The number of carbonyl (C=O) groups is 3. The number of anilines is 2. The zero-order valence-electron chi connectivity index (χ0n) is 14.6. The Bertz CT molecular complexity index is 806. The lowest BCUT2D eigenvalue weighted by Crippen LogP contribution is -2.26. The monoisotopic (exact) mass is 371 g/mol. The fourth-order valence-corrected chi connectivity index (χ4v) is 3.09. The molecule has 0 aliphatic heterocycles. The molecule has 26 heavy (non-hydrogen) atoms. The van der Waals surface area contributed by atoms with Gasteiger partial charge in [-0.15, -0.1) is 11.8 Å². The van der Waals surface area contributed by atoms with E-state index in [0.29, 0.717) is 11.3 Å². The first-order valence-corrected chi connectivity index (χ1v) is 9.04. The zero-order chi connectivity index (χ0) is 19.1. The fraction of sp³-hybridized carbons (Fsp3) is 0.211. The minimum Gasteiger partial charge on any atom is -0.374 e. The Balaban J connectivity index is 2.07. The predicted octanol–water partition coefficient (Wildman–Crippen LogP) is 2.91. The molecule has 0 bridgehead atoms. The maximum absolute atomic E-state index is 12.6. The fourth-order valence-electron chi connectivity index (χ4n) is 2.33. The van der Waals surface area contributed by atoms with Crippen LogP contribution in [0.1, 0.15) is 24.2 Å². The van der Waals surface area contributed by atoms with Crippen molar-refractivity contribution in [2.45, 2.75) is 24.8 Å². The standard InChI is InChI=1S/C19H21N3O3S/c1-12(19(25)14-7-9-15(10-8-14)22-13(2)23)21-16-5-3-4-6-17(16)26-11-18(20)24/h3-10,12,21H,11H2,1-2H3,(H2,20,24)(H,22,23)/t12-/m1/s1. The SMILES string of the molecule is CC(=O)Nc1ccc(C(=O)[C@@H](C)Nc2ccccc2SCC(N)=O)cc1. The van der Waals surface area contributed by atoms with Gasteiger partial charge in [-0.2, -0.15) is 0 Å². The van der Waals surface area contributed by atoms with Gasteiger partial charge in [-0.3, -0.25) is 14.4 Å². The molecule has 0 radical (unpaired) electrons. The number of Topliss-reactive ketones (excluding diaryl/α,β-unsaturated/α-hetero) is 1. The molecule has 0 aliphatic rings. The highest BCUT2D eigenvalue weighted by molar-refractivity contribution is 8.00. The van der Waals surface area contributed by atoms with E-state index in [1.54, 1.807) is 31.2 Å². The number of ketones is 1. The van der Waals surface area contributed by atoms with Crippen molar-refractivity contribution in [1.82, 2.24) is 0 Å². The quantitative estimate of drug-likeness (QED) is 0.489. The van der Waals surface area contributed by atoms with Crippen molar-refractivity contribution < 1.29 is 14.4 Å². The highest BCUT2D eigenvalue weighted by atomic mass is 32.2. The Morgan fingerprint density at radius 2 is 1.73 bits per heavy atom. The topological polar surface area (TPSA) is 101 Å². The molecule has 0 aliphatic carbocycles. The molecule has 0 heterocycles. The molecule has 2 rings (SSSR count). The molecule has 0 aromatic heterocycles. The molecule has 0 unspecified atom stereocenters. The van der Waals surface area contributed by atoms with Gasteiger partial charge < -0.3 is 16.4 Å². The first-order chi connectivity index (χ1) is 12.4. The third-order valence-electron chi connectivity index (χ3n) is 3.51. The lowest BCUT2D eigenvalue weighted by atomic mass is 10.0. The Morgan fingerprint density at radius 1 is 1.08 bits per heavy atom. The normalized spacial score (nSPS) is 11.5. The van der Waals surface area contributed by atoms with Crippen molar-refractivity contribution in [2.75, 3.05) is 16.4 Å². The van der Waals surface area contributed by atoms with Crippen molar-refractivity contribution in [3.8, 4) is 0 Å². The van der Waals surface area contributed by atoms with Crippen LogP contribution >= 0.6 is 11.8 Å². The van der Waals surface area contributed by atoms with Crippen LogP contribution < -0.4 is 16.4 Å². The molecule has 0 fully saturated rings. The summed E-state index contributed by atoms with van der Waals surface area (Å²) in [6, 6.07) is 13.7. The van der Waals surface area contributed by atoms with Crippen LogP contribution in [0.2, 0.25) is 0 Å². The summed E-state index contributed by atoms with van der Waals surface area (Å²) in [5.41, 5.74) is 7.15. The molecule has 2 amide bonds. The third kappa shape index (κ3) is 5.63. The first kappa shape index (κ1) is 19.5. The summed E-state index contributed by atoms with van der Waals surface area (Å²) in [5.74, 6) is -0.461. The molecule has 2 aromatic carbocycles. The number of para-hydroxylation sites is 1. The molecule has 136 valence electrons. The average molecular weight is 371 g/mol. The summed E-state index contributed by atoms with van der Waals surface area (Å²) in [6.07, 6.45) is 0. The predicted molar refractivity (Wildman–Crippen MR) is 105 cm³/mol. The Labute approximate surface area is 156 Å². The van der Waals surface area contributed by atoms with E-state index in [1.165, 1.54) is 18.7 Å². The number of nitrogens with one attached hydrogen (secondary N) is 2. The van der Waals surface area contributed by atoms with Gasteiger partial charge in [-0.25, -0.2) is 0 Å². The Morgan fingerprint density at radius 3 is 2.35 bits per heavy atom. The Hall–Kier alpha value is -2.80. The molecule has 7 heteroatoms. The summed E-state index contributed by atoms with van der Waals surface area (Å²) in [6.45, 7) is 3.21. The van der Waals surface area contributed by atoms with Crippen molar-refractivity contribution in [3.05, 3.63) is 54.1 Å². The Kier molecular flexibility index (Phi) is 6.80. The minimum absolute atomic E-state index is 0.0749. The van der Waals surface area contributed by atoms with Crippen LogP contribution in [0.3, 0.4) is 0 Å². The van der Waals surface area contributed by atoms with Crippen LogP contribution in [0.25, 0.3) is 0 Å². The second-order valence-corrected chi connectivity index (χ2v) is 6.76. The maximum Gasteiger partial charge on any atom is 0.227 e. The van der Waals surface area contributed by atoms with Gasteiger partial charge in [0.05, 0.1) is 11.8 Å². The van der Waals surface area contributed by atoms with Crippen molar-refractivity contribution in [3.63, 3.8) is 0 Å². The van der Waals surface area contributed by atoms with E-state index in [2.05, 4.69) is 10.6 Å². The van der Waals surface area contributed by atoms with E-state index in [9.17, 15) is 14.4 Å². The van der Waals surface area contributed by atoms with Crippen LogP contribution in [0.4, 0.5) is 11.4 Å². The van der Waals surface area contributed by atoms with Crippen LogP contribution in [-0.2, 0) is 9.59 Å². The van der Waals surface area contributed by atoms with Gasteiger partial charge in [0, 0.05) is 28.8 Å².